The zero-order valence-corrected chi connectivity index (χ0v) is 8.00. The number of ketones is 1. The molecule has 1 rings (SSSR count). The van der Waals surface area contributed by atoms with Crippen LogP contribution in [0, 0.1) is 0 Å². The molecule has 0 fully saturated rings. The van der Waals surface area contributed by atoms with Crippen molar-refractivity contribution >= 4 is 5.78 Å². The van der Waals surface area contributed by atoms with E-state index in [0.717, 1.165) is 5.56 Å². The van der Waals surface area contributed by atoms with Gasteiger partial charge < -0.3 is 0 Å². The van der Waals surface area contributed by atoms with E-state index >= 15 is 0 Å². The third-order valence-corrected chi connectivity index (χ3v) is 1.18. The molecule has 1 aromatic carbocycles. The van der Waals surface area contributed by atoms with Crippen LogP contribution in [-0.2, 0) is 0 Å². The molecular formula is C11H16O. The highest BCUT2D eigenvalue weighted by molar-refractivity contribution is 5.93. The lowest BCUT2D eigenvalue weighted by atomic mass is 10.2. The van der Waals surface area contributed by atoms with Crippen molar-refractivity contribution in [2.45, 2.75) is 27.2 Å². The number of carbonyl (C=O) groups excluding carboxylic acids is 1. The maximum Gasteiger partial charge on any atom is 0.159 e. The van der Waals surface area contributed by atoms with Crippen LogP contribution < -0.4 is 0 Å². The average Bonchev–Trinajstić information content (AvgIpc) is 2.07. The van der Waals surface area contributed by atoms with E-state index in [-0.39, 0.29) is 5.78 Å². The molecule has 0 spiro atoms. The smallest absolute Gasteiger partial charge is 0.159 e. The lowest BCUT2D eigenvalue weighted by molar-refractivity contribution is 0.101. The Morgan fingerprint density at radius 2 is 1.58 bits per heavy atom. The lowest BCUT2D eigenvalue weighted by Gasteiger charge is -1.89. The Morgan fingerprint density at radius 1 is 1.17 bits per heavy atom. The van der Waals surface area contributed by atoms with Crippen molar-refractivity contribution in [3.8, 4) is 0 Å². The monoisotopic (exact) mass is 164 g/mol. The van der Waals surface area contributed by atoms with Gasteiger partial charge in [-0.3, -0.25) is 4.79 Å². The van der Waals surface area contributed by atoms with Gasteiger partial charge in [-0.2, -0.15) is 0 Å². The minimum absolute atomic E-state index is 0.121. The highest BCUT2D eigenvalue weighted by atomic mass is 16.1. The summed E-state index contributed by atoms with van der Waals surface area (Å²) >= 11 is 0. The summed E-state index contributed by atoms with van der Waals surface area (Å²) < 4.78 is 0. The molecule has 0 unspecified atom stereocenters. The van der Waals surface area contributed by atoms with E-state index in [1.54, 1.807) is 6.92 Å². The van der Waals surface area contributed by atoms with Gasteiger partial charge in [-0.1, -0.05) is 50.6 Å². The van der Waals surface area contributed by atoms with Gasteiger partial charge in [-0.15, -0.1) is 0 Å². The Balaban J connectivity index is 0.000000354. The number of Topliss-reactive ketones (excluding diaryl/α,β-unsaturated/α-hetero) is 1. The first-order chi connectivity index (χ1) is 5.72. The Hall–Kier alpha value is -1.11. The molecular weight excluding hydrogens is 148 g/mol. The zero-order valence-electron chi connectivity index (χ0n) is 8.00. The molecule has 0 aliphatic heterocycles. The van der Waals surface area contributed by atoms with Crippen molar-refractivity contribution in [2.75, 3.05) is 0 Å². The fraction of sp³-hybridized carbons (Fsp3) is 0.364. The summed E-state index contributed by atoms with van der Waals surface area (Å²) in [6.07, 6.45) is 1.25. The second kappa shape index (κ2) is 6.59. The van der Waals surface area contributed by atoms with E-state index in [2.05, 4.69) is 13.8 Å². The second-order valence-corrected chi connectivity index (χ2v) is 2.63. The van der Waals surface area contributed by atoms with Crippen LogP contribution in [0.3, 0.4) is 0 Å². The van der Waals surface area contributed by atoms with Crippen LogP contribution in [0.2, 0.25) is 0 Å². The van der Waals surface area contributed by atoms with Gasteiger partial charge in [0.1, 0.15) is 0 Å². The minimum Gasteiger partial charge on any atom is -0.295 e. The van der Waals surface area contributed by atoms with Gasteiger partial charge in [0.15, 0.2) is 5.78 Å². The van der Waals surface area contributed by atoms with Crippen molar-refractivity contribution in [1.82, 2.24) is 0 Å². The van der Waals surface area contributed by atoms with E-state index in [1.165, 1.54) is 6.42 Å². The van der Waals surface area contributed by atoms with Gasteiger partial charge >= 0.3 is 0 Å². The topological polar surface area (TPSA) is 17.1 Å². The molecule has 0 heterocycles. The van der Waals surface area contributed by atoms with Crippen LogP contribution in [0.25, 0.3) is 0 Å². The van der Waals surface area contributed by atoms with Crippen molar-refractivity contribution in [3.63, 3.8) is 0 Å². The van der Waals surface area contributed by atoms with Gasteiger partial charge in [0.2, 0.25) is 0 Å². The molecule has 0 N–H and O–H groups in total. The summed E-state index contributed by atoms with van der Waals surface area (Å²) in [5, 5.41) is 0. The first kappa shape index (κ1) is 10.9. The van der Waals surface area contributed by atoms with Gasteiger partial charge in [0, 0.05) is 5.56 Å². The van der Waals surface area contributed by atoms with Crippen LogP contribution in [0.1, 0.15) is 37.6 Å². The van der Waals surface area contributed by atoms with E-state index in [9.17, 15) is 4.79 Å². The molecule has 1 nitrogen and oxygen atoms in total. The summed E-state index contributed by atoms with van der Waals surface area (Å²) in [6, 6.07) is 9.23. The largest absolute Gasteiger partial charge is 0.295 e. The number of hydrogen-bond donors (Lipinski definition) is 0. The number of rotatable bonds is 1. The van der Waals surface area contributed by atoms with Gasteiger partial charge in [0.25, 0.3) is 0 Å². The number of benzene rings is 1. The Bertz CT molecular complexity index is 214. The molecule has 66 valence electrons. The molecule has 0 bridgehead atoms. The summed E-state index contributed by atoms with van der Waals surface area (Å²) in [6.45, 7) is 5.81. The molecule has 0 aromatic heterocycles. The zero-order chi connectivity index (χ0) is 9.40. The summed E-state index contributed by atoms with van der Waals surface area (Å²) in [5.74, 6) is 0.121. The van der Waals surface area contributed by atoms with Gasteiger partial charge in [-0.05, 0) is 6.92 Å². The molecule has 12 heavy (non-hydrogen) atoms. The molecule has 0 aliphatic rings. The normalized spacial score (nSPS) is 8.25. The molecule has 0 saturated carbocycles. The first-order valence-corrected chi connectivity index (χ1v) is 4.28. The van der Waals surface area contributed by atoms with E-state index in [1.807, 2.05) is 30.3 Å². The number of carbonyl (C=O) groups is 1. The average molecular weight is 164 g/mol. The van der Waals surface area contributed by atoms with Crippen LogP contribution in [0.5, 0.6) is 0 Å². The molecule has 0 radical (unpaired) electrons. The summed E-state index contributed by atoms with van der Waals surface area (Å²) in [5.41, 5.74) is 0.775. The SMILES string of the molecule is CC(=O)c1ccccc1.CCC. The fourth-order valence-electron chi connectivity index (χ4n) is 0.673. The summed E-state index contributed by atoms with van der Waals surface area (Å²) in [7, 11) is 0. The van der Waals surface area contributed by atoms with Crippen molar-refractivity contribution in [2.24, 2.45) is 0 Å². The highest BCUT2D eigenvalue weighted by Gasteiger charge is 1.92. The summed E-state index contributed by atoms with van der Waals surface area (Å²) in [4.78, 5) is 10.6. The van der Waals surface area contributed by atoms with E-state index in [0.29, 0.717) is 0 Å². The van der Waals surface area contributed by atoms with E-state index in [4.69, 9.17) is 0 Å². The molecule has 0 amide bonds. The van der Waals surface area contributed by atoms with Crippen LogP contribution >= 0.6 is 0 Å². The molecule has 0 saturated heterocycles. The third-order valence-electron chi connectivity index (χ3n) is 1.18. The van der Waals surface area contributed by atoms with Gasteiger partial charge in [-0.25, -0.2) is 0 Å². The van der Waals surface area contributed by atoms with E-state index < -0.39 is 0 Å². The number of hydrogen-bond acceptors (Lipinski definition) is 1. The highest BCUT2D eigenvalue weighted by Crippen LogP contribution is 1.97. The Labute approximate surface area is 74.4 Å². The minimum atomic E-state index is 0.121. The Kier molecular flexibility index (Phi) is 5.98. The van der Waals surface area contributed by atoms with Crippen molar-refractivity contribution in [1.29, 1.82) is 0 Å². The second-order valence-electron chi connectivity index (χ2n) is 2.63. The van der Waals surface area contributed by atoms with Crippen LogP contribution in [0.4, 0.5) is 0 Å². The quantitative estimate of drug-likeness (QED) is 0.582. The Morgan fingerprint density at radius 3 is 1.83 bits per heavy atom. The molecule has 1 heteroatoms. The lowest BCUT2D eigenvalue weighted by Crippen LogP contribution is -1.88. The molecule has 0 atom stereocenters. The first-order valence-electron chi connectivity index (χ1n) is 4.28. The maximum absolute atomic E-state index is 10.6. The van der Waals surface area contributed by atoms with Crippen LogP contribution in [0.15, 0.2) is 30.3 Å². The van der Waals surface area contributed by atoms with Crippen molar-refractivity contribution < 1.29 is 4.79 Å². The molecule has 1 aromatic rings. The third kappa shape index (κ3) is 4.67. The standard InChI is InChI=1S/C8H8O.C3H8/c1-7(9)8-5-3-2-4-6-8;1-3-2/h2-6H,1H3;3H2,1-2H3. The predicted molar refractivity (Wildman–Crippen MR) is 52.4 cm³/mol. The maximum atomic E-state index is 10.6. The predicted octanol–water partition coefficient (Wildman–Crippen LogP) is 3.31. The van der Waals surface area contributed by atoms with Gasteiger partial charge in [0.05, 0.1) is 0 Å². The fourth-order valence-corrected chi connectivity index (χ4v) is 0.673. The molecule has 0 aliphatic carbocycles. The van der Waals surface area contributed by atoms with Crippen molar-refractivity contribution in [3.05, 3.63) is 35.9 Å². The van der Waals surface area contributed by atoms with Crippen LogP contribution in [-0.4, -0.2) is 5.78 Å².